The fourth-order valence-corrected chi connectivity index (χ4v) is 3.01. The third-order valence-electron chi connectivity index (χ3n) is 4.24. The fourth-order valence-electron chi connectivity index (χ4n) is 3.01. The van der Waals surface area contributed by atoms with E-state index >= 15 is 0 Å². The standard InChI is InChI=1S/C19H25N5O4/c1-5-27-15(28-6-2)10-24-19-16(18(20)21-11-22-19)17(23-24)12-7-8-13(25-3)14(9-12)26-4/h7-9,11,15H,5-6,10H2,1-4H3,(H2,20,21,22). The Balaban J connectivity index is 2.11. The van der Waals surface area contributed by atoms with E-state index in [0.717, 1.165) is 5.56 Å². The van der Waals surface area contributed by atoms with Gasteiger partial charge in [-0.2, -0.15) is 5.10 Å². The van der Waals surface area contributed by atoms with Gasteiger partial charge in [0, 0.05) is 18.8 Å². The summed E-state index contributed by atoms with van der Waals surface area (Å²) in [4.78, 5) is 8.51. The van der Waals surface area contributed by atoms with Gasteiger partial charge >= 0.3 is 0 Å². The van der Waals surface area contributed by atoms with Crippen molar-refractivity contribution in [2.75, 3.05) is 33.2 Å². The highest BCUT2D eigenvalue weighted by molar-refractivity contribution is 5.98. The van der Waals surface area contributed by atoms with Crippen molar-refractivity contribution in [3.8, 4) is 22.8 Å². The number of anilines is 1. The first-order valence-electron chi connectivity index (χ1n) is 9.05. The number of benzene rings is 1. The summed E-state index contributed by atoms with van der Waals surface area (Å²) < 4.78 is 23.8. The van der Waals surface area contributed by atoms with Crippen molar-refractivity contribution in [2.45, 2.75) is 26.7 Å². The Bertz CT molecular complexity index is 937. The van der Waals surface area contributed by atoms with Gasteiger partial charge in [-0.3, -0.25) is 0 Å². The topological polar surface area (TPSA) is 107 Å². The van der Waals surface area contributed by atoms with Crippen LogP contribution in [0.1, 0.15) is 13.8 Å². The molecular formula is C19H25N5O4. The SMILES string of the molecule is CCOC(Cn1nc(-c2ccc(OC)c(OC)c2)c2c(N)ncnc21)OCC. The van der Waals surface area contributed by atoms with Gasteiger partial charge in [-0.05, 0) is 32.0 Å². The number of aromatic nitrogens is 4. The average Bonchev–Trinajstić information content (AvgIpc) is 3.07. The van der Waals surface area contributed by atoms with Crippen LogP contribution in [0.25, 0.3) is 22.3 Å². The van der Waals surface area contributed by atoms with Gasteiger partial charge in [-0.25, -0.2) is 14.6 Å². The lowest BCUT2D eigenvalue weighted by Crippen LogP contribution is -2.24. The van der Waals surface area contributed by atoms with Crippen molar-refractivity contribution in [3.63, 3.8) is 0 Å². The Hall–Kier alpha value is -2.91. The van der Waals surface area contributed by atoms with Crippen molar-refractivity contribution >= 4 is 16.9 Å². The molecule has 0 aliphatic carbocycles. The van der Waals surface area contributed by atoms with E-state index in [1.165, 1.54) is 6.33 Å². The molecule has 0 spiro atoms. The molecule has 0 unspecified atom stereocenters. The molecule has 9 heteroatoms. The summed E-state index contributed by atoms with van der Waals surface area (Å²) in [5.74, 6) is 1.58. The first-order chi connectivity index (χ1) is 13.6. The van der Waals surface area contributed by atoms with E-state index in [1.807, 2.05) is 32.0 Å². The Morgan fingerprint density at radius 3 is 2.39 bits per heavy atom. The number of hydrogen-bond donors (Lipinski definition) is 1. The molecule has 9 nitrogen and oxygen atoms in total. The van der Waals surface area contributed by atoms with Crippen LogP contribution in [0.4, 0.5) is 5.82 Å². The number of methoxy groups -OCH3 is 2. The summed E-state index contributed by atoms with van der Waals surface area (Å²) in [5.41, 5.74) is 8.24. The van der Waals surface area contributed by atoms with Gasteiger partial charge in [-0.1, -0.05) is 0 Å². The number of fused-ring (bicyclic) bond motifs is 1. The van der Waals surface area contributed by atoms with Gasteiger partial charge in [0.15, 0.2) is 23.4 Å². The lowest BCUT2D eigenvalue weighted by Gasteiger charge is -2.16. The van der Waals surface area contributed by atoms with Crippen molar-refractivity contribution in [3.05, 3.63) is 24.5 Å². The minimum atomic E-state index is -0.437. The molecule has 150 valence electrons. The van der Waals surface area contributed by atoms with E-state index in [9.17, 15) is 0 Å². The smallest absolute Gasteiger partial charge is 0.177 e. The van der Waals surface area contributed by atoms with Gasteiger partial charge in [-0.15, -0.1) is 0 Å². The predicted molar refractivity (Wildman–Crippen MR) is 105 cm³/mol. The van der Waals surface area contributed by atoms with Gasteiger partial charge in [0.05, 0.1) is 26.2 Å². The zero-order chi connectivity index (χ0) is 20.1. The summed E-state index contributed by atoms with van der Waals surface area (Å²) >= 11 is 0. The third-order valence-corrected chi connectivity index (χ3v) is 4.24. The Kier molecular flexibility index (Phi) is 6.27. The quantitative estimate of drug-likeness (QED) is 0.558. The molecule has 0 atom stereocenters. The zero-order valence-corrected chi connectivity index (χ0v) is 16.5. The van der Waals surface area contributed by atoms with Crippen LogP contribution < -0.4 is 15.2 Å². The summed E-state index contributed by atoms with van der Waals surface area (Å²) in [6, 6.07) is 5.56. The van der Waals surface area contributed by atoms with Gasteiger partial charge in [0.1, 0.15) is 17.8 Å². The average molecular weight is 387 g/mol. The molecule has 0 saturated carbocycles. The molecule has 2 N–H and O–H groups in total. The molecule has 0 fully saturated rings. The summed E-state index contributed by atoms with van der Waals surface area (Å²) in [7, 11) is 3.18. The van der Waals surface area contributed by atoms with E-state index in [4.69, 9.17) is 29.8 Å². The van der Waals surface area contributed by atoms with E-state index in [-0.39, 0.29) is 0 Å². The molecule has 28 heavy (non-hydrogen) atoms. The molecule has 3 aromatic rings. The number of ether oxygens (including phenoxy) is 4. The van der Waals surface area contributed by atoms with E-state index in [2.05, 4.69) is 9.97 Å². The fraction of sp³-hybridized carbons (Fsp3) is 0.421. The molecular weight excluding hydrogens is 362 g/mol. The molecule has 0 radical (unpaired) electrons. The molecule has 1 aromatic carbocycles. The number of hydrogen-bond acceptors (Lipinski definition) is 8. The van der Waals surface area contributed by atoms with E-state index in [1.54, 1.807) is 18.9 Å². The maximum atomic E-state index is 6.16. The van der Waals surface area contributed by atoms with Crippen molar-refractivity contribution in [2.24, 2.45) is 0 Å². The Morgan fingerprint density at radius 2 is 1.75 bits per heavy atom. The molecule has 2 heterocycles. The van der Waals surface area contributed by atoms with E-state index < -0.39 is 6.29 Å². The summed E-state index contributed by atoms with van der Waals surface area (Å²) in [6.45, 7) is 5.28. The maximum absolute atomic E-state index is 6.16. The molecule has 0 aliphatic heterocycles. The first-order valence-corrected chi connectivity index (χ1v) is 9.05. The van der Waals surface area contributed by atoms with Crippen LogP contribution in [0.2, 0.25) is 0 Å². The minimum Gasteiger partial charge on any atom is -0.493 e. The number of nitrogens with two attached hydrogens (primary N) is 1. The van der Waals surface area contributed by atoms with Crippen LogP contribution >= 0.6 is 0 Å². The minimum absolute atomic E-state index is 0.352. The number of nitrogens with zero attached hydrogens (tertiary/aromatic N) is 4. The van der Waals surface area contributed by atoms with Crippen LogP contribution in [-0.2, 0) is 16.0 Å². The van der Waals surface area contributed by atoms with E-state index in [0.29, 0.717) is 53.8 Å². The highest BCUT2D eigenvalue weighted by atomic mass is 16.7. The molecule has 2 aromatic heterocycles. The molecule has 0 amide bonds. The normalized spacial score (nSPS) is 11.3. The first kappa shape index (κ1) is 19.8. The summed E-state index contributed by atoms with van der Waals surface area (Å²) in [5, 5.41) is 5.40. The van der Waals surface area contributed by atoms with Crippen LogP contribution in [0.3, 0.4) is 0 Å². The lowest BCUT2D eigenvalue weighted by atomic mass is 10.1. The molecule has 3 rings (SSSR count). The number of rotatable bonds is 9. The Labute approximate surface area is 163 Å². The largest absolute Gasteiger partial charge is 0.493 e. The van der Waals surface area contributed by atoms with Crippen LogP contribution in [0.5, 0.6) is 11.5 Å². The zero-order valence-electron chi connectivity index (χ0n) is 16.5. The van der Waals surface area contributed by atoms with Gasteiger partial charge in [0.25, 0.3) is 0 Å². The number of nitrogen functional groups attached to an aromatic ring is 1. The highest BCUT2D eigenvalue weighted by Crippen LogP contribution is 2.35. The third kappa shape index (κ3) is 3.85. The predicted octanol–water partition coefficient (Wildman–Crippen LogP) is 2.49. The highest BCUT2D eigenvalue weighted by Gasteiger charge is 2.20. The lowest BCUT2D eigenvalue weighted by molar-refractivity contribution is -0.144. The second-order valence-corrected chi connectivity index (χ2v) is 5.90. The van der Waals surface area contributed by atoms with Crippen LogP contribution in [0.15, 0.2) is 24.5 Å². The summed E-state index contributed by atoms with van der Waals surface area (Å²) in [6.07, 6.45) is 0.984. The molecule has 0 aliphatic rings. The second kappa shape index (κ2) is 8.85. The van der Waals surface area contributed by atoms with Crippen LogP contribution in [-0.4, -0.2) is 53.5 Å². The van der Waals surface area contributed by atoms with Crippen molar-refractivity contribution < 1.29 is 18.9 Å². The van der Waals surface area contributed by atoms with Crippen molar-refractivity contribution in [1.82, 2.24) is 19.7 Å². The second-order valence-electron chi connectivity index (χ2n) is 5.90. The Morgan fingerprint density at radius 1 is 1.04 bits per heavy atom. The van der Waals surface area contributed by atoms with Crippen molar-refractivity contribution in [1.29, 1.82) is 0 Å². The van der Waals surface area contributed by atoms with Gasteiger partial charge < -0.3 is 24.7 Å². The monoisotopic (exact) mass is 387 g/mol. The maximum Gasteiger partial charge on any atom is 0.177 e. The van der Waals surface area contributed by atoms with Gasteiger partial charge in [0.2, 0.25) is 0 Å². The molecule has 0 bridgehead atoms. The molecule has 0 saturated heterocycles. The van der Waals surface area contributed by atoms with Crippen LogP contribution in [0, 0.1) is 0 Å².